The average Bonchev–Trinajstić information content (AvgIpc) is 2.76. The molecule has 0 spiro atoms. The Bertz CT molecular complexity index is 1050. The van der Waals surface area contributed by atoms with Crippen molar-refractivity contribution in [2.45, 2.75) is 0 Å². The fraction of sp³-hybridized carbons (Fsp3) is 0.0909. The molecular formula is C22H19ClN2O6. The predicted molar refractivity (Wildman–Crippen MR) is 117 cm³/mol. The summed E-state index contributed by atoms with van der Waals surface area (Å²) in [6.07, 6.45) is -1.41. The zero-order valence-electron chi connectivity index (χ0n) is 16.7. The van der Waals surface area contributed by atoms with Crippen LogP contribution in [0.5, 0.6) is 23.0 Å². The predicted octanol–water partition coefficient (Wildman–Crippen LogP) is 5.58. The number of ether oxygens (including phenoxy) is 4. The number of benzene rings is 3. The van der Waals surface area contributed by atoms with Crippen molar-refractivity contribution in [3.05, 3.63) is 71.8 Å². The standard InChI is InChI=1S/C22H19ClN2O6/c1-28-15-4-8-17(9-5-15)30-21(26)24-14-3-12-20(19(23)13-14)25-22(27)31-18-10-6-16(29-2)7-11-18/h3-13H,1-2H3,(H,24,26)(H,25,27). The Morgan fingerprint density at radius 2 is 1.13 bits per heavy atom. The zero-order chi connectivity index (χ0) is 22.2. The van der Waals surface area contributed by atoms with Crippen molar-refractivity contribution in [3.8, 4) is 23.0 Å². The van der Waals surface area contributed by atoms with E-state index in [1.807, 2.05) is 0 Å². The summed E-state index contributed by atoms with van der Waals surface area (Å²) in [4.78, 5) is 24.1. The minimum Gasteiger partial charge on any atom is -0.497 e. The molecule has 0 fully saturated rings. The molecular weight excluding hydrogens is 424 g/mol. The topological polar surface area (TPSA) is 95.1 Å². The molecule has 0 atom stereocenters. The highest BCUT2D eigenvalue weighted by Gasteiger charge is 2.11. The summed E-state index contributed by atoms with van der Waals surface area (Å²) in [5.74, 6) is 1.98. The summed E-state index contributed by atoms with van der Waals surface area (Å²) in [5.41, 5.74) is 0.701. The summed E-state index contributed by atoms with van der Waals surface area (Å²) < 4.78 is 20.5. The van der Waals surface area contributed by atoms with Gasteiger partial charge >= 0.3 is 12.2 Å². The molecule has 0 aliphatic rings. The highest BCUT2D eigenvalue weighted by molar-refractivity contribution is 6.34. The highest BCUT2D eigenvalue weighted by atomic mass is 35.5. The molecule has 0 radical (unpaired) electrons. The van der Waals surface area contributed by atoms with Crippen LogP contribution in [0.15, 0.2) is 66.7 Å². The molecule has 0 saturated heterocycles. The van der Waals surface area contributed by atoms with E-state index in [0.717, 1.165) is 0 Å². The Balaban J connectivity index is 1.55. The summed E-state index contributed by atoms with van der Waals surface area (Å²) in [5, 5.41) is 5.30. The molecule has 0 saturated carbocycles. The van der Waals surface area contributed by atoms with Gasteiger partial charge in [0.25, 0.3) is 0 Å². The SMILES string of the molecule is COc1ccc(OC(=O)Nc2ccc(NC(=O)Oc3ccc(OC)cc3)c(Cl)c2)cc1. The number of nitrogens with one attached hydrogen (secondary N) is 2. The first-order valence-corrected chi connectivity index (χ1v) is 9.40. The second kappa shape index (κ2) is 10.2. The van der Waals surface area contributed by atoms with E-state index in [9.17, 15) is 9.59 Å². The van der Waals surface area contributed by atoms with E-state index in [0.29, 0.717) is 34.4 Å². The number of halogens is 1. The smallest absolute Gasteiger partial charge is 0.417 e. The second-order valence-electron chi connectivity index (χ2n) is 6.07. The van der Waals surface area contributed by atoms with E-state index in [-0.39, 0.29) is 5.02 Å². The number of hydrogen-bond donors (Lipinski definition) is 2. The summed E-state index contributed by atoms with van der Waals surface area (Å²) in [7, 11) is 3.09. The number of carbonyl (C=O) groups is 2. The Kier molecular flexibility index (Phi) is 7.18. The minimum atomic E-state index is -0.716. The van der Waals surface area contributed by atoms with Crippen molar-refractivity contribution in [2.24, 2.45) is 0 Å². The first-order chi connectivity index (χ1) is 15.0. The van der Waals surface area contributed by atoms with Gasteiger partial charge in [-0.25, -0.2) is 9.59 Å². The van der Waals surface area contributed by atoms with Gasteiger partial charge in [-0.15, -0.1) is 0 Å². The van der Waals surface area contributed by atoms with E-state index >= 15 is 0 Å². The Morgan fingerprint density at radius 1 is 0.677 bits per heavy atom. The summed E-state index contributed by atoms with van der Waals surface area (Å²) in [6, 6.07) is 17.6. The van der Waals surface area contributed by atoms with Crippen LogP contribution in [-0.4, -0.2) is 26.4 Å². The zero-order valence-corrected chi connectivity index (χ0v) is 17.4. The molecule has 3 rings (SSSR count). The van der Waals surface area contributed by atoms with Crippen LogP contribution in [0, 0.1) is 0 Å². The van der Waals surface area contributed by atoms with Gasteiger partial charge in [0.15, 0.2) is 0 Å². The molecule has 0 bridgehead atoms. The largest absolute Gasteiger partial charge is 0.497 e. The van der Waals surface area contributed by atoms with E-state index < -0.39 is 12.2 Å². The van der Waals surface area contributed by atoms with Crippen molar-refractivity contribution in [3.63, 3.8) is 0 Å². The molecule has 31 heavy (non-hydrogen) atoms. The molecule has 0 heterocycles. The van der Waals surface area contributed by atoms with Crippen LogP contribution >= 0.6 is 11.6 Å². The maximum Gasteiger partial charge on any atom is 0.417 e. The van der Waals surface area contributed by atoms with Gasteiger partial charge in [-0.1, -0.05) is 11.6 Å². The molecule has 0 aliphatic heterocycles. The number of anilines is 2. The molecule has 8 nitrogen and oxygen atoms in total. The van der Waals surface area contributed by atoms with Crippen LogP contribution in [0.4, 0.5) is 21.0 Å². The molecule has 2 N–H and O–H groups in total. The van der Waals surface area contributed by atoms with Crippen LogP contribution < -0.4 is 29.6 Å². The first-order valence-electron chi connectivity index (χ1n) is 9.02. The maximum atomic E-state index is 12.1. The van der Waals surface area contributed by atoms with Crippen LogP contribution in [0.3, 0.4) is 0 Å². The fourth-order valence-electron chi connectivity index (χ4n) is 2.47. The van der Waals surface area contributed by atoms with Crippen molar-refractivity contribution >= 4 is 35.2 Å². The van der Waals surface area contributed by atoms with Gasteiger partial charge in [-0.3, -0.25) is 10.6 Å². The van der Waals surface area contributed by atoms with Gasteiger partial charge in [0, 0.05) is 5.69 Å². The monoisotopic (exact) mass is 442 g/mol. The molecule has 160 valence electrons. The summed E-state index contributed by atoms with van der Waals surface area (Å²) >= 11 is 6.20. The van der Waals surface area contributed by atoms with E-state index in [2.05, 4.69) is 10.6 Å². The Hall–Kier alpha value is -3.91. The van der Waals surface area contributed by atoms with E-state index in [4.69, 9.17) is 30.5 Å². The van der Waals surface area contributed by atoms with Crippen molar-refractivity contribution in [1.29, 1.82) is 0 Å². The van der Waals surface area contributed by atoms with Gasteiger partial charge in [-0.05, 0) is 66.7 Å². The molecule has 3 aromatic rings. The van der Waals surface area contributed by atoms with Crippen molar-refractivity contribution in [1.82, 2.24) is 0 Å². The fourth-order valence-corrected chi connectivity index (χ4v) is 2.70. The highest BCUT2D eigenvalue weighted by Crippen LogP contribution is 2.26. The molecule has 0 unspecified atom stereocenters. The quantitative estimate of drug-likeness (QED) is 0.517. The lowest BCUT2D eigenvalue weighted by molar-refractivity contribution is 0.214. The maximum absolute atomic E-state index is 12.1. The molecule has 0 aromatic heterocycles. The first kappa shape index (κ1) is 21.8. The normalized spacial score (nSPS) is 10.0. The van der Waals surface area contributed by atoms with Crippen LogP contribution in [-0.2, 0) is 0 Å². The van der Waals surface area contributed by atoms with Gasteiger partial charge < -0.3 is 18.9 Å². The third kappa shape index (κ3) is 6.28. The minimum absolute atomic E-state index is 0.203. The van der Waals surface area contributed by atoms with Crippen LogP contribution in [0.25, 0.3) is 0 Å². The average molecular weight is 443 g/mol. The number of hydrogen-bond acceptors (Lipinski definition) is 6. The third-order valence-corrected chi connectivity index (χ3v) is 4.30. The van der Waals surface area contributed by atoms with Crippen molar-refractivity contribution < 1.29 is 28.5 Å². The van der Waals surface area contributed by atoms with E-state index in [1.165, 1.54) is 12.1 Å². The number of carbonyl (C=O) groups excluding carboxylic acids is 2. The van der Waals surface area contributed by atoms with Crippen molar-refractivity contribution in [2.75, 3.05) is 24.9 Å². The lowest BCUT2D eigenvalue weighted by atomic mass is 10.3. The summed E-state index contributed by atoms with van der Waals surface area (Å²) in [6.45, 7) is 0. The van der Waals surface area contributed by atoms with Crippen LogP contribution in [0.2, 0.25) is 5.02 Å². The van der Waals surface area contributed by atoms with Gasteiger partial charge in [0.2, 0.25) is 0 Å². The Labute approximate surface area is 183 Å². The lowest BCUT2D eigenvalue weighted by Crippen LogP contribution is -2.18. The van der Waals surface area contributed by atoms with Gasteiger partial charge in [0.1, 0.15) is 23.0 Å². The third-order valence-electron chi connectivity index (χ3n) is 3.99. The van der Waals surface area contributed by atoms with Crippen LogP contribution in [0.1, 0.15) is 0 Å². The van der Waals surface area contributed by atoms with E-state index in [1.54, 1.807) is 68.8 Å². The Morgan fingerprint density at radius 3 is 1.58 bits per heavy atom. The molecule has 2 amide bonds. The molecule has 9 heteroatoms. The number of methoxy groups -OCH3 is 2. The lowest BCUT2D eigenvalue weighted by Gasteiger charge is -2.11. The second-order valence-corrected chi connectivity index (χ2v) is 6.48. The molecule has 3 aromatic carbocycles. The van der Waals surface area contributed by atoms with Gasteiger partial charge in [-0.2, -0.15) is 0 Å². The molecule has 0 aliphatic carbocycles. The number of rotatable bonds is 6. The van der Waals surface area contributed by atoms with Gasteiger partial charge in [0.05, 0.1) is 24.9 Å². The number of amides is 2.